The van der Waals surface area contributed by atoms with Crippen molar-refractivity contribution in [2.24, 2.45) is 11.0 Å². The van der Waals surface area contributed by atoms with E-state index < -0.39 is 94.4 Å². The maximum atomic E-state index is 14.3. The van der Waals surface area contributed by atoms with Gasteiger partial charge in [0.15, 0.2) is 5.72 Å². The number of anilines is 1. The number of ether oxygens (including phenoxy) is 5. The number of hydrazone groups is 1. The lowest BCUT2D eigenvalue weighted by Gasteiger charge is -2.43. The Bertz CT molecular complexity index is 2850. The van der Waals surface area contributed by atoms with Gasteiger partial charge in [-0.3, -0.25) is 29.3 Å². The van der Waals surface area contributed by atoms with E-state index in [1.807, 2.05) is 26.8 Å². The summed E-state index contributed by atoms with van der Waals surface area (Å²) in [6.45, 7) is 10.3. The van der Waals surface area contributed by atoms with Crippen molar-refractivity contribution >= 4 is 92.2 Å². The number of carbonyl (C=O) groups excluding carboxylic acids is 8. The second-order valence-electron chi connectivity index (χ2n) is 21.9. The zero-order valence-corrected chi connectivity index (χ0v) is 50.8. The maximum Gasteiger partial charge on any atom is 0.409 e. The van der Waals surface area contributed by atoms with E-state index in [1.54, 1.807) is 31.2 Å². The number of amides is 6. The highest BCUT2D eigenvalue weighted by molar-refractivity contribution is 8.77. The highest BCUT2D eigenvalue weighted by atomic mass is 35.5. The molecule has 4 bridgehead atoms. The summed E-state index contributed by atoms with van der Waals surface area (Å²) in [6.07, 6.45) is 3.76. The minimum absolute atomic E-state index is 0.00613. The lowest BCUT2D eigenvalue weighted by Crippen LogP contribution is -2.63. The number of rotatable bonds is 19. The number of benzene rings is 1. The number of halogens is 1. The molecule has 454 valence electrons. The van der Waals surface area contributed by atoms with Gasteiger partial charge in [0.1, 0.15) is 40.8 Å². The molecule has 24 nitrogen and oxygen atoms in total. The van der Waals surface area contributed by atoms with Crippen molar-refractivity contribution in [1.29, 1.82) is 0 Å². The molecular weight excluding hydrogens is 1140 g/mol. The number of nitrogens with one attached hydrogen (secondary N) is 2. The Morgan fingerprint density at radius 3 is 2.48 bits per heavy atom. The summed E-state index contributed by atoms with van der Waals surface area (Å²) in [5.74, 6) is -3.90. The number of carbonyl (C=O) groups is 8. The third-order valence-corrected chi connectivity index (χ3v) is 18.2. The Labute approximate surface area is 495 Å². The van der Waals surface area contributed by atoms with Crippen LogP contribution in [0.1, 0.15) is 129 Å². The Morgan fingerprint density at radius 1 is 1.06 bits per heavy atom. The summed E-state index contributed by atoms with van der Waals surface area (Å²) in [4.78, 5) is 120. The van der Waals surface area contributed by atoms with Crippen molar-refractivity contribution < 1.29 is 77.1 Å². The van der Waals surface area contributed by atoms with E-state index in [9.17, 15) is 48.6 Å². The van der Waals surface area contributed by atoms with Crippen LogP contribution >= 0.6 is 33.2 Å². The number of aryl methyl sites for hydroxylation is 1. The zero-order chi connectivity index (χ0) is 61.0. The van der Waals surface area contributed by atoms with Crippen molar-refractivity contribution in [2.45, 2.75) is 165 Å². The molecule has 7 atom stereocenters. The van der Waals surface area contributed by atoms with Crippen LogP contribution in [-0.4, -0.2) is 165 Å². The molecule has 4 heterocycles. The normalized spacial score (nSPS) is 25.3. The summed E-state index contributed by atoms with van der Waals surface area (Å²) in [5, 5.41) is 31.7. The number of alkyl carbamates (subject to hydrolysis) is 1. The van der Waals surface area contributed by atoms with Crippen LogP contribution in [0.15, 0.2) is 47.2 Å². The second-order valence-corrected chi connectivity index (χ2v) is 25.4. The Hall–Kier alpha value is -6.32. The van der Waals surface area contributed by atoms with E-state index >= 15 is 0 Å². The van der Waals surface area contributed by atoms with Gasteiger partial charge in [0, 0.05) is 63.8 Å². The van der Waals surface area contributed by atoms with Crippen LogP contribution in [-0.2, 0) is 65.5 Å². The van der Waals surface area contributed by atoms with Crippen molar-refractivity contribution in [3.8, 4) is 11.6 Å². The van der Waals surface area contributed by atoms with Gasteiger partial charge in [0.05, 0.1) is 55.4 Å². The number of methoxy groups -OCH3 is 2. The van der Waals surface area contributed by atoms with Crippen LogP contribution in [0.5, 0.6) is 11.6 Å². The number of aliphatic hydroxyl groups is 2. The molecule has 1 unspecified atom stereocenters. The Kier molecular flexibility index (Phi) is 23.0. The quantitative estimate of drug-likeness (QED) is 0.0421. The Morgan fingerprint density at radius 2 is 1.78 bits per heavy atom. The zero-order valence-electron chi connectivity index (χ0n) is 48.4. The fraction of sp³-hybridized carbons (Fsp3) is 0.589. The summed E-state index contributed by atoms with van der Waals surface area (Å²) in [5.41, 5.74) is 2.38. The van der Waals surface area contributed by atoms with Crippen molar-refractivity contribution in [2.75, 3.05) is 45.6 Å². The molecule has 1 aromatic heterocycles. The molecule has 0 radical (unpaired) electrons. The van der Waals surface area contributed by atoms with Gasteiger partial charge < -0.3 is 48.5 Å². The van der Waals surface area contributed by atoms with Crippen LogP contribution in [0.4, 0.5) is 10.5 Å². The van der Waals surface area contributed by atoms with E-state index in [2.05, 4.69) is 25.8 Å². The lowest BCUT2D eigenvalue weighted by atomic mass is 9.81. The van der Waals surface area contributed by atoms with Crippen LogP contribution in [0.25, 0.3) is 0 Å². The minimum atomic E-state index is -1.97. The van der Waals surface area contributed by atoms with E-state index in [4.69, 9.17) is 40.1 Å². The van der Waals surface area contributed by atoms with Gasteiger partial charge >= 0.3 is 18.0 Å². The summed E-state index contributed by atoms with van der Waals surface area (Å²) in [7, 11) is 8.57. The molecule has 27 heteroatoms. The average Bonchev–Trinajstić information content (AvgIpc) is 3.81. The topological polar surface area (TPSA) is 304 Å². The van der Waals surface area contributed by atoms with Gasteiger partial charge in [0.25, 0.3) is 11.8 Å². The fourth-order valence-electron chi connectivity index (χ4n) is 9.70. The number of nitrogens with zero attached hydrogens (tertiary/aromatic N) is 6. The SMILES string of the molecule is COc1cc2cc(c1Cl)N(C)C(=O)C[C@H](OC(=O)[C@H](C)N(C)C(=O)CCSSC(C)(C)CC(=O)N/N=C1/CCCc3nc(OCCCC(=O)ON4C(=O)CCC4=O)cnc31)C(C)(O)C[C@H](C)[C@@H]1C[C@@](O)(NC(=O)O1)[C@H](OC)/C=C/C=C(\C)C2. The maximum absolute atomic E-state index is 14.3. The highest BCUT2D eigenvalue weighted by Crippen LogP contribution is 2.40. The second kappa shape index (κ2) is 29.0. The van der Waals surface area contributed by atoms with Crippen LogP contribution < -0.4 is 25.1 Å². The van der Waals surface area contributed by atoms with E-state index in [-0.39, 0.29) is 74.8 Å². The van der Waals surface area contributed by atoms with Gasteiger partial charge in [-0.05, 0) is 96.8 Å². The van der Waals surface area contributed by atoms with E-state index in [0.29, 0.717) is 65.0 Å². The predicted molar refractivity (Wildman–Crippen MR) is 308 cm³/mol. The smallest absolute Gasteiger partial charge is 0.409 e. The minimum Gasteiger partial charge on any atom is -0.495 e. The van der Waals surface area contributed by atoms with Crippen LogP contribution in [0, 0.1) is 5.92 Å². The van der Waals surface area contributed by atoms with E-state index in [0.717, 1.165) is 11.1 Å². The number of hydrogen-bond donors (Lipinski definition) is 4. The molecule has 3 aliphatic heterocycles. The monoisotopic (exact) mass is 1210 g/mol. The number of fused-ring (bicyclic) bond motifs is 5. The summed E-state index contributed by atoms with van der Waals surface area (Å²) >= 11 is 6.80. The molecular formula is C56H75ClN8O16S2. The summed E-state index contributed by atoms with van der Waals surface area (Å²) < 4.78 is 28.0. The first-order chi connectivity index (χ1) is 39.1. The van der Waals surface area contributed by atoms with Crippen molar-refractivity contribution in [3.05, 3.63) is 64.1 Å². The molecule has 2 fully saturated rings. The number of hydroxylamine groups is 2. The molecule has 1 aromatic carbocycles. The van der Waals surface area contributed by atoms with E-state index in [1.165, 1.54) is 79.7 Å². The lowest BCUT2D eigenvalue weighted by molar-refractivity contribution is -0.197. The molecule has 2 saturated heterocycles. The predicted octanol–water partition coefficient (Wildman–Crippen LogP) is 5.85. The standard InChI is InChI=1S/C56H75ClN8O16S2/c1-32-14-11-17-41(77-10)56(75)29-40(79-53(73)60-56)33(2)28-55(6,74)42(27-48(70)64(8)38-25-35(24-32)26-39(76-9)50(38)57)80-52(72)34(3)63(7)45(67)21-23-82-83-54(4,5)30-43(66)62-61-37-16-12-15-36-51(37)58-31-44(59-36)78-22-13-18-49(71)81-65-46(68)19-20-47(65)69/h11,14,17,25-26,31,33-34,40-42,74-75H,12-13,15-16,18-24,27-30H2,1-10H3,(H,60,73)(H,62,66)/b17-11+,32-14+,61-37-/t33-,34-,40-,41+,42-,55?,56-/m0/s1. The van der Waals surface area contributed by atoms with Crippen molar-refractivity contribution in [3.63, 3.8) is 0 Å². The summed E-state index contributed by atoms with van der Waals surface area (Å²) in [6, 6.07) is 2.30. The van der Waals surface area contributed by atoms with Gasteiger partial charge in [-0.2, -0.15) is 5.10 Å². The third kappa shape index (κ3) is 17.9. The molecule has 0 saturated carbocycles. The first kappa shape index (κ1) is 65.8. The first-order valence-corrected chi connectivity index (χ1v) is 29.9. The van der Waals surface area contributed by atoms with Gasteiger partial charge in [-0.25, -0.2) is 29.8 Å². The van der Waals surface area contributed by atoms with Crippen LogP contribution in [0.3, 0.4) is 0 Å². The number of likely N-dealkylation sites (N-methyl/N-ethyl adjacent to an activating group) is 1. The average molecular weight is 1220 g/mol. The van der Waals surface area contributed by atoms with Crippen molar-refractivity contribution in [1.82, 2.24) is 30.7 Å². The highest BCUT2D eigenvalue weighted by Gasteiger charge is 2.49. The molecule has 4 aliphatic rings. The van der Waals surface area contributed by atoms with Gasteiger partial charge in [-0.1, -0.05) is 63.9 Å². The molecule has 2 aromatic rings. The molecule has 83 heavy (non-hydrogen) atoms. The molecule has 6 amide bonds. The first-order valence-electron chi connectivity index (χ1n) is 27.2. The number of allylic oxidation sites excluding steroid dienone is 3. The fourth-order valence-corrected chi connectivity index (χ4v) is 12.5. The third-order valence-electron chi connectivity index (χ3n) is 14.5. The van der Waals surface area contributed by atoms with Gasteiger partial charge in [0.2, 0.25) is 23.6 Å². The number of hydrogen-bond acceptors (Lipinski definition) is 21. The molecule has 6 rings (SSSR count). The molecule has 1 aliphatic carbocycles. The Balaban J connectivity index is 1.03. The number of esters is 1. The largest absolute Gasteiger partial charge is 0.495 e. The molecule has 0 spiro atoms. The molecule has 4 N–H and O–H groups in total. The van der Waals surface area contributed by atoms with Crippen LogP contribution in [0.2, 0.25) is 5.02 Å². The number of imide groups is 1. The number of aromatic nitrogens is 2. The van der Waals surface area contributed by atoms with Gasteiger partial charge in [-0.15, -0.1) is 5.06 Å².